The second-order valence-corrected chi connectivity index (χ2v) is 6.52. The minimum Gasteiger partial charge on any atom is -0.491 e. The van der Waals surface area contributed by atoms with Crippen molar-refractivity contribution in [2.24, 2.45) is 0 Å². The van der Waals surface area contributed by atoms with Crippen LogP contribution >= 0.6 is 11.6 Å². The fourth-order valence-electron chi connectivity index (χ4n) is 2.77. The van der Waals surface area contributed by atoms with Crippen molar-refractivity contribution in [2.45, 2.75) is 31.8 Å². The van der Waals surface area contributed by atoms with Crippen LogP contribution < -0.4 is 10.1 Å². The molecule has 1 heterocycles. The number of ether oxygens (including phenoxy) is 2. The summed E-state index contributed by atoms with van der Waals surface area (Å²) in [7, 11) is 0. The first kappa shape index (κ1) is 17.8. The van der Waals surface area contributed by atoms with Crippen molar-refractivity contribution in [1.29, 1.82) is 0 Å². The number of amides is 1. The first-order chi connectivity index (χ1) is 12.2. The molecule has 1 N–H and O–H groups in total. The number of carbonyl (C=O) groups excluding carboxylic acids is 1. The van der Waals surface area contributed by atoms with E-state index in [1.165, 1.54) is 0 Å². The molecule has 5 heteroatoms. The molecule has 4 nitrogen and oxygen atoms in total. The zero-order valence-electron chi connectivity index (χ0n) is 14.0. The zero-order valence-corrected chi connectivity index (χ0v) is 14.8. The van der Waals surface area contributed by atoms with E-state index in [0.29, 0.717) is 24.5 Å². The number of benzene rings is 2. The van der Waals surface area contributed by atoms with E-state index in [2.05, 4.69) is 5.32 Å². The maximum absolute atomic E-state index is 12.1. The van der Waals surface area contributed by atoms with Gasteiger partial charge in [-0.05, 0) is 55.2 Å². The number of nitrogens with one attached hydrogen (secondary N) is 1. The Bertz CT molecular complexity index is 696. The summed E-state index contributed by atoms with van der Waals surface area (Å²) in [6, 6.07) is 15.0. The number of rotatable bonds is 7. The molecule has 2 aromatic carbocycles. The van der Waals surface area contributed by atoms with Crippen LogP contribution in [0.25, 0.3) is 0 Å². The highest BCUT2D eigenvalue weighted by Crippen LogP contribution is 2.20. The van der Waals surface area contributed by atoms with Gasteiger partial charge in [0.25, 0.3) is 0 Å². The van der Waals surface area contributed by atoms with Gasteiger partial charge in [-0.15, -0.1) is 0 Å². The lowest BCUT2D eigenvalue weighted by molar-refractivity contribution is -0.116. The molecule has 1 unspecified atom stereocenters. The second-order valence-electron chi connectivity index (χ2n) is 6.11. The van der Waals surface area contributed by atoms with Gasteiger partial charge in [-0.3, -0.25) is 4.79 Å². The fraction of sp³-hybridized carbons (Fsp3) is 0.350. The average Bonchev–Trinajstić information content (AvgIpc) is 3.14. The third kappa shape index (κ3) is 5.48. The normalized spacial score (nSPS) is 16.6. The molecule has 0 aliphatic carbocycles. The molecule has 1 amide bonds. The van der Waals surface area contributed by atoms with Crippen molar-refractivity contribution in [3.05, 3.63) is 59.1 Å². The van der Waals surface area contributed by atoms with Gasteiger partial charge in [-0.25, -0.2) is 0 Å². The molecule has 0 spiro atoms. The van der Waals surface area contributed by atoms with Gasteiger partial charge in [-0.2, -0.15) is 0 Å². The second kappa shape index (κ2) is 8.88. The van der Waals surface area contributed by atoms with Crippen molar-refractivity contribution in [1.82, 2.24) is 0 Å². The van der Waals surface area contributed by atoms with Crippen LogP contribution in [0.5, 0.6) is 5.75 Å². The lowest BCUT2D eigenvalue weighted by atomic mass is 10.1. The lowest BCUT2D eigenvalue weighted by Gasteiger charge is -2.12. The molecule has 1 aliphatic heterocycles. The Labute approximate surface area is 153 Å². The molecular formula is C20H22ClNO3. The van der Waals surface area contributed by atoms with Crippen molar-refractivity contribution in [3.8, 4) is 5.75 Å². The van der Waals surface area contributed by atoms with Crippen LogP contribution in [0.15, 0.2) is 48.5 Å². The van der Waals surface area contributed by atoms with Crippen LogP contribution in [0, 0.1) is 0 Å². The van der Waals surface area contributed by atoms with Gasteiger partial charge in [0.05, 0.1) is 6.10 Å². The SMILES string of the molecule is O=C(CCc1ccccc1Cl)Nc1ccc(OCC2CCCO2)cc1. The summed E-state index contributed by atoms with van der Waals surface area (Å²) in [6.07, 6.45) is 3.37. The highest BCUT2D eigenvalue weighted by atomic mass is 35.5. The Kier molecular flexibility index (Phi) is 6.31. The first-order valence-corrected chi connectivity index (χ1v) is 8.96. The van der Waals surface area contributed by atoms with Crippen LogP contribution in [-0.4, -0.2) is 25.2 Å². The highest BCUT2D eigenvalue weighted by molar-refractivity contribution is 6.31. The van der Waals surface area contributed by atoms with Gasteiger partial charge in [0.2, 0.25) is 5.91 Å². The Morgan fingerprint density at radius 1 is 1.20 bits per heavy atom. The highest BCUT2D eigenvalue weighted by Gasteiger charge is 2.15. The summed E-state index contributed by atoms with van der Waals surface area (Å²) in [5, 5.41) is 3.59. The largest absolute Gasteiger partial charge is 0.491 e. The molecule has 1 atom stereocenters. The predicted octanol–water partition coefficient (Wildman–Crippen LogP) is 4.47. The summed E-state index contributed by atoms with van der Waals surface area (Å²) in [6.45, 7) is 1.40. The number of halogens is 1. The van der Waals surface area contributed by atoms with Crippen molar-refractivity contribution in [3.63, 3.8) is 0 Å². The van der Waals surface area contributed by atoms with Crippen LogP contribution in [0.4, 0.5) is 5.69 Å². The molecule has 1 fully saturated rings. The first-order valence-electron chi connectivity index (χ1n) is 8.58. The van der Waals surface area contributed by atoms with E-state index in [1.54, 1.807) is 0 Å². The van der Waals surface area contributed by atoms with Crippen LogP contribution in [-0.2, 0) is 16.0 Å². The standard InChI is InChI=1S/C20H22ClNO3/c21-19-6-2-1-4-15(19)7-12-20(23)22-16-8-10-17(11-9-16)25-14-18-5-3-13-24-18/h1-2,4,6,8-11,18H,3,5,7,12-14H2,(H,22,23). The monoisotopic (exact) mass is 359 g/mol. The van der Waals surface area contributed by atoms with Crippen LogP contribution in [0.3, 0.4) is 0 Å². The van der Waals surface area contributed by atoms with E-state index in [4.69, 9.17) is 21.1 Å². The van der Waals surface area contributed by atoms with Gasteiger partial charge in [-0.1, -0.05) is 29.8 Å². The van der Waals surface area contributed by atoms with Gasteiger partial charge in [0.15, 0.2) is 0 Å². The van der Waals surface area contributed by atoms with Gasteiger partial charge < -0.3 is 14.8 Å². The van der Waals surface area contributed by atoms with E-state index < -0.39 is 0 Å². The summed E-state index contributed by atoms with van der Waals surface area (Å²) < 4.78 is 11.2. The van der Waals surface area contributed by atoms with E-state index in [-0.39, 0.29) is 12.0 Å². The topological polar surface area (TPSA) is 47.6 Å². The Morgan fingerprint density at radius 2 is 2.00 bits per heavy atom. The summed E-state index contributed by atoms with van der Waals surface area (Å²) in [5.74, 6) is 0.748. The minimum atomic E-state index is -0.0343. The molecule has 2 aromatic rings. The fourth-order valence-corrected chi connectivity index (χ4v) is 3.00. The van der Waals surface area contributed by atoms with Gasteiger partial charge in [0.1, 0.15) is 12.4 Å². The van der Waals surface area contributed by atoms with Crippen LogP contribution in [0.1, 0.15) is 24.8 Å². The van der Waals surface area contributed by atoms with E-state index >= 15 is 0 Å². The molecule has 1 saturated heterocycles. The molecule has 3 rings (SSSR count). The quantitative estimate of drug-likeness (QED) is 0.793. The molecule has 132 valence electrons. The molecule has 0 saturated carbocycles. The summed E-state index contributed by atoms with van der Waals surface area (Å²) >= 11 is 6.11. The van der Waals surface area contributed by atoms with Gasteiger partial charge >= 0.3 is 0 Å². The molecule has 0 bridgehead atoms. The molecule has 0 aromatic heterocycles. The number of hydrogen-bond acceptors (Lipinski definition) is 3. The van der Waals surface area contributed by atoms with E-state index in [1.807, 2.05) is 48.5 Å². The third-order valence-corrected chi connectivity index (χ3v) is 4.55. The summed E-state index contributed by atoms with van der Waals surface area (Å²) in [4.78, 5) is 12.1. The minimum absolute atomic E-state index is 0.0343. The van der Waals surface area contributed by atoms with Crippen LogP contribution in [0.2, 0.25) is 5.02 Å². The lowest BCUT2D eigenvalue weighted by Crippen LogP contribution is -2.16. The van der Waals surface area contributed by atoms with E-state index in [9.17, 15) is 4.79 Å². The average molecular weight is 360 g/mol. The van der Waals surface area contributed by atoms with Crippen molar-refractivity contribution >= 4 is 23.2 Å². The molecule has 0 radical (unpaired) electrons. The Morgan fingerprint density at radius 3 is 2.72 bits per heavy atom. The van der Waals surface area contributed by atoms with Gasteiger partial charge in [0, 0.05) is 23.7 Å². The molecule has 25 heavy (non-hydrogen) atoms. The number of aryl methyl sites for hydroxylation is 1. The predicted molar refractivity (Wildman–Crippen MR) is 99.3 cm³/mol. The maximum Gasteiger partial charge on any atom is 0.224 e. The summed E-state index contributed by atoms with van der Waals surface area (Å²) in [5.41, 5.74) is 1.74. The molecular weight excluding hydrogens is 338 g/mol. The number of hydrogen-bond donors (Lipinski definition) is 1. The zero-order chi connectivity index (χ0) is 17.5. The smallest absolute Gasteiger partial charge is 0.224 e. The number of anilines is 1. The van der Waals surface area contributed by atoms with Crippen molar-refractivity contribution in [2.75, 3.05) is 18.5 Å². The van der Waals surface area contributed by atoms with Crippen molar-refractivity contribution < 1.29 is 14.3 Å². The molecule has 1 aliphatic rings. The number of carbonyl (C=O) groups is 1. The maximum atomic E-state index is 12.1. The Balaban J connectivity index is 1.44. The third-order valence-electron chi connectivity index (χ3n) is 4.18. The Hall–Kier alpha value is -2.04. The van der Waals surface area contributed by atoms with E-state index in [0.717, 1.165) is 36.4 Å².